The Bertz CT molecular complexity index is 860. The van der Waals surface area contributed by atoms with Gasteiger partial charge in [0.15, 0.2) is 5.11 Å². The number of benzene rings is 2. The lowest BCUT2D eigenvalue weighted by molar-refractivity contribution is 0.0694. The van der Waals surface area contributed by atoms with Crippen LogP contribution in [-0.4, -0.2) is 10.7 Å². The SMILES string of the molecule is CC1(C)C[C@@H](NC(=S)Nc2cccc(C#N)c2)c2cc(F)ccc2O1. The summed E-state index contributed by atoms with van der Waals surface area (Å²) in [6.45, 7) is 3.97. The summed E-state index contributed by atoms with van der Waals surface area (Å²) in [5.74, 6) is 0.346. The van der Waals surface area contributed by atoms with Gasteiger partial charge >= 0.3 is 0 Å². The lowest BCUT2D eigenvalue weighted by Gasteiger charge is -2.38. The van der Waals surface area contributed by atoms with Gasteiger partial charge in [0.05, 0.1) is 17.7 Å². The van der Waals surface area contributed by atoms with Crippen LogP contribution in [0.1, 0.15) is 37.4 Å². The number of fused-ring (bicyclic) bond motifs is 1. The number of halogens is 1. The van der Waals surface area contributed by atoms with Crippen molar-refractivity contribution in [3.05, 3.63) is 59.4 Å². The zero-order valence-electron chi connectivity index (χ0n) is 14.0. The molecule has 0 radical (unpaired) electrons. The van der Waals surface area contributed by atoms with Gasteiger partial charge in [-0.1, -0.05) is 6.07 Å². The Kier molecular flexibility index (Phi) is 4.60. The lowest BCUT2D eigenvalue weighted by atomic mass is 9.90. The number of hydrogen-bond acceptors (Lipinski definition) is 3. The maximum absolute atomic E-state index is 13.7. The van der Waals surface area contributed by atoms with Gasteiger partial charge in [0, 0.05) is 17.7 Å². The van der Waals surface area contributed by atoms with Crippen LogP contribution in [0.3, 0.4) is 0 Å². The first-order valence-corrected chi connectivity index (χ1v) is 8.33. The molecule has 6 heteroatoms. The number of hydrogen-bond donors (Lipinski definition) is 2. The third kappa shape index (κ3) is 4.06. The second-order valence-electron chi connectivity index (χ2n) is 6.59. The van der Waals surface area contributed by atoms with Crippen molar-refractivity contribution in [2.45, 2.75) is 31.9 Å². The highest BCUT2D eigenvalue weighted by Crippen LogP contribution is 2.39. The Morgan fingerprint density at radius 2 is 2.12 bits per heavy atom. The van der Waals surface area contributed by atoms with E-state index in [4.69, 9.17) is 22.2 Å². The molecular formula is C19H18FN3OS. The van der Waals surface area contributed by atoms with E-state index in [-0.39, 0.29) is 11.9 Å². The largest absolute Gasteiger partial charge is 0.487 e. The number of nitrogens with one attached hydrogen (secondary N) is 2. The van der Waals surface area contributed by atoms with Crippen LogP contribution >= 0.6 is 12.2 Å². The molecule has 25 heavy (non-hydrogen) atoms. The smallest absolute Gasteiger partial charge is 0.171 e. The minimum atomic E-state index is -0.390. The molecule has 2 aromatic carbocycles. The van der Waals surface area contributed by atoms with Crippen LogP contribution in [0.2, 0.25) is 0 Å². The maximum Gasteiger partial charge on any atom is 0.171 e. The van der Waals surface area contributed by atoms with Crippen LogP contribution in [-0.2, 0) is 0 Å². The predicted octanol–water partition coefficient (Wildman–Crippen LogP) is 4.29. The van der Waals surface area contributed by atoms with E-state index in [1.54, 1.807) is 24.3 Å². The second-order valence-corrected chi connectivity index (χ2v) is 7.00. The number of nitriles is 1. The number of thiocarbonyl (C=S) groups is 1. The van der Waals surface area contributed by atoms with Gasteiger partial charge in [0.25, 0.3) is 0 Å². The summed E-state index contributed by atoms with van der Waals surface area (Å²) in [7, 11) is 0. The summed E-state index contributed by atoms with van der Waals surface area (Å²) in [6, 6.07) is 13.5. The Labute approximate surface area is 151 Å². The average molecular weight is 355 g/mol. The Hall–Kier alpha value is -2.65. The van der Waals surface area contributed by atoms with E-state index in [0.717, 1.165) is 11.3 Å². The molecule has 2 aromatic rings. The molecule has 0 bridgehead atoms. The minimum absolute atomic E-state index is 0.173. The molecule has 3 rings (SSSR count). The molecular weight excluding hydrogens is 337 g/mol. The average Bonchev–Trinajstić information content (AvgIpc) is 2.55. The number of nitrogens with zero attached hydrogens (tertiary/aromatic N) is 1. The Balaban J connectivity index is 1.78. The second kappa shape index (κ2) is 6.69. The molecule has 0 saturated carbocycles. The normalized spacial score (nSPS) is 17.6. The summed E-state index contributed by atoms with van der Waals surface area (Å²) in [5.41, 5.74) is 1.63. The molecule has 0 amide bonds. The third-order valence-corrected chi connectivity index (χ3v) is 4.20. The molecule has 0 saturated heterocycles. The van der Waals surface area contributed by atoms with Gasteiger partial charge in [0.1, 0.15) is 17.2 Å². The first-order valence-electron chi connectivity index (χ1n) is 7.92. The molecule has 2 N–H and O–H groups in total. The highest BCUT2D eigenvalue weighted by molar-refractivity contribution is 7.80. The van der Waals surface area contributed by atoms with Crippen molar-refractivity contribution in [3.8, 4) is 11.8 Å². The van der Waals surface area contributed by atoms with E-state index < -0.39 is 5.60 Å². The minimum Gasteiger partial charge on any atom is -0.487 e. The van der Waals surface area contributed by atoms with Crippen LogP contribution in [0, 0.1) is 17.1 Å². The van der Waals surface area contributed by atoms with E-state index in [9.17, 15) is 4.39 Å². The topological polar surface area (TPSA) is 57.1 Å². The Morgan fingerprint density at radius 3 is 2.88 bits per heavy atom. The number of rotatable bonds is 2. The highest BCUT2D eigenvalue weighted by Gasteiger charge is 2.34. The molecule has 0 aliphatic carbocycles. The van der Waals surface area contributed by atoms with E-state index >= 15 is 0 Å². The first kappa shape index (κ1) is 17.2. The van der Waals surface area contributed by atoms with Crippen molar-refractivity contribution in [1.82, 2.24) is 5.32 Å². The van der Waals surface area contributed by atoms with Crippen LogP contribution in [0.15, 0.2) is 42.5 Å². The van der Waals surface area contributed by atoms with Gasteiger partial charge < -0.3 is 15.4 Å². The first-order chi connectivity index (χ1) is 11.9. The number of anilines is 1. The highest BCUT2D eigenvalue weighted by atomic mass is 32.1. The molecule has 1 aliphatic heterocycles. The van der Waals surface area contributed by atoms with E-state index in [0.29, 0.717) is 22.8 Å². The van der Waals surface area contributed by atoms with Gasteiger partial charge in [-0.2, -0.15) is 5.26 Å². The van der Waals surface area contributed by atoms with Crippen molar-refractivity contribution in [1.29, 1.82) is 5.26 Å². The van der Waals surface area contributed by atoms with Crippen LogP contribution in [0.25, 0.3) is 0 Å². The summed E-state index contributed by atoms with van der Waals surface area (Å²) in [5, 5.41) is 15.7. The van der Waals surface area contributed by atoms with Crippen molar-refractivity contribution in [2.24, 2.45) is 0 Å². The molecule has 0 spiro atoms. The fourth-order valence-electron chi connectivity index (χ4n) is 2.95. The van der Waals surface area contributed by atoms with Gasteiger partial charge in [-0.25, -0.2) is 4.39 Å². The van der Waals surface area contributed by atoms with E-state index in [1.165, 1.54) is 12.1 Å². The zero-order valence-corrected chi connectivity index (χ0v) is 14.8. The van der Waals surface area contributed by atoms with Crippen LogP contribution < -0.4 is 15.4 Å². The quantitative estimate of drug-likeness (QED) is 0.787. The predicted molar refractivity (Wildman–Crippen MR) is 99.0 cm³/mol. The fraction of sp³-hybridized carbons (Fsp3) is 0.263. The molecule has 0 aromatic heterocycles. The van der Waals surface area contributed by atoms with Crippen molar-refractivity contribution in [3.63, 3.8) is 0 Å². The summed E-state index contributed by atoms with van der Waals surface area (Å²) in [6.07, 6.45) is 0.642. The fourth-order valence-corrected chi connectivity index (χ4v) is 3.21. The summed E-state index contributed by atoms with van der Waals surface area (Å²) >= 11 is 5.39. The lowest BCUT2D eigenvalue weighted by Crippen LogP contribution is -2.42. The number of ether oxygens (including phenoxy) is 1. The van der Waals surface area contributed by atoms with Gasteiger partial charge in [-0.15, -0.1) is 0 Å². The van der Waals surface area contributed by atoms with Crippen molar-refractivity contribution in [2.75, 3.05) is 5.32 Å². The molecule has 1 heterocycles. The molecule has 128 valence electrons. The zero-order chi connectivity index (χ0) is 18.0. The third-order valence-electron chi connectivity index (χ3n) is 3.98. The molecule has 1 aliphatic rings. The monoisotopic (exact) mass is 355 g/mol. The molecule has 4 nitrogen and oxygen atoms in total. The summed E-state index contributed by atoms with van der Waals surface area (Å²) < 4.78 is 19.6. The molecule has 0 unspecified atom stereocenters. The molecule has 0 fully saturated rings. The molecule has 1 atom stereocenters. The van der Waals surface area contributed by atoms with Gasteiger partial charge in [-0.3, -0.25) is 0 Å². The maximum atomic E-state index is 13.7. The Morgan fingerprint density at radius 1 is 1.32 bits per heavy atom. The van der Waals surface area contributed by atoms with Crippen molar-refractivity contribution >= 4 is 23.0 Å². The summed E-state index contributed by atoms with van der Waals surface area (Å²) in [4.78, 5) is 0. The van der Waals surface area contributed by atoms with Crippen molar-refractivity contribution < 1.29 is 9.13 Å². The van der Waals surface area contributed by atoms with Gasteiger partial charge in [0.2, 0.25) is 0 Å². The standard InChI is InChI=1S/C19H18FN3OS/c1-19(2)10-16(15-9-13(20)6-7-17(15)24-19)23-18(25)22-14-5-3-4-12(8-14)11-21/h3-9,16H,10H2,1-2H3,(H2,22,23,25)/t16-/m1/s1. The van der Waals surface area contributed by atoms with Crippen LogP contribution in [0.4, 0.5) is 10.1 Å². The van der Waals surface area contributed by atoms with Crippen LogP contribution in [0.5, 0.6) is 5.75 Å². The van der Waals surface area contributed by atoms with E-state index in [1.807, 2.05) is 19.9 Å². The van der Waals surface area contributed by atoms with E-state index in [2.05, 4.69) is 16.7 Å². The van der Waals surface area contributed by atoms with Gasteiger partial charge in [-0.05, 0) is 62.5 Å².